The van der Waals surface area contributed by atoms with Crippen molar-refractivity contribution in [2.24, 2.45) is 0 Å². The summed E-state index contributed by atoms with van der Waals surface area (Å²) in [7, 11) is 0. The fraction of sp³-hybridized carbons (Fsp3) is 0.167. The van der Waals surface area contributed by atoms with Crippen LogP contribution in [0.3, 0.4) is 0 Å². The van der Waals surface area contributed by atoms with Crippen molar-refractivity contribution in [2.45, 2.75) is 25.7 Å². The summed E-state index contributed by atoms with van der Waals surface area (Å²) >= 11 is 0. The summed E-state index contributed by atoms with van der Waals surface area (Å²) in [4.78, 5) is 0. The Labute approximate surface area is 195 Å². The van der Waals surface area contributed by atoms with Crippen LogP contribution in [-0.4, -0.2) is 0 Å². The second-order valence-corrected chi connectivity index (χ2v) is 6.22. The Balaban J connectivity index is 0.000000451. The molecule has 2 atom stereocenters. The number of hydrogen-bond acceptors (Lipinski definition) is 0. The minimum Gasteiger partial charge on any atom is -1.00 e. The summed E-state index contributed by atoms with van der Waals surface area (Å²) in [5, 5.41) is 0. The molecule has 2 aliphatic rings. The van der Waals surface area contributed by atoms with Crippen molar-refractivity contribution in [2.75, 3.05) is 0 Å². The van der Waals surface area contributed by atoms with E-state index in [0.717, 1.165) is 0 Å². The predicted molar refractivity (Wildman–Crippen MR) is 102 cm³/mol. The van der Waals surface area contributed by atoms with Gasteiger partial charge in [0.2, 0.25) is 0 Å². The van der Waals surface area contributed by atoms with Crippen molar-refractivity contribution in [3.63, 3.8) is 0 Å². The van der Waals surface area contributed by atoms with Gasteiger partial charge in [-0.1, -0.05) is 83.6 Å². The molecule has 0 saturated carbocycles. The Morgan fingerprint density at radius 2 is 0.926 bits per heavy atom. The molecule has 136 valence electrons. The van der Waals surface area contributed by atoms with Crippen LogP contribution >= 0.6 is 0 Å². The topological polar surface area (TPSA) is 0 Å². The van der Waals surface area contributed by atoms with Crippen LogP contribution in [0, 0.1) is 12.2 Å². The molecular formula is C24H22Cl2Zr. The monoisotopic (exact) mass is 470 g/mol. The average molecular weight is 473 g/mol. The van der Waals surface area contributed by atoms with Crippen molar-refractivity contribution in [1.82, 2.24) is 0 Å². The minimum atomic E-state index is 0. The molecule has 2 unspecified atom stereocenters. The molecule has 2 aliphatic carbocycles. The average Bonchev–Trinajstić information content (AvgIpc) is 3.26. The van der Waals surface area contributed by atoms with Crippen LogP contribution in [0.1, 0.15) is 36.8 Å². The molecule has 2 aromatic carbocycles. The fourth-order valence-electron chi connectivity index (χ4n) is 2.87. The Bertz CT molecular complexity index is 720. The summed E-state index contributed by atoms with van der Waals surface area (Å²) in [6, 6.07) is 20.9. The van der Waals surface area contributed by atoms with E-state index in [1.165, 1.54) is 22.3 Å². The van der Waals surface area contributed by atoms with Gasteiger partial charge < -0.3 is 24.8 Å². The molecule has 0 nitrogen and oxygen atoms in total. The van der Waals surface area contributed by atoms with Gasteiger partial charge in [0.25, 0.3) is 0 Å². The molecule has 0 bridgehead atoms. The van der Waals surface area contributed by atoms with Crippen molar-refractivity contribution < 1.29 is 51.0 Å². The molecule has 0 aromatic heterocycles. The van der Waals surface area contributed by atoms with Gasteiger partial charge in [0.05, 0.1) is 0 Å². The molecule has 27 heavy (non-hydrogen) atoms. The standard InChI is InChI=1S/2C12H11.2ClH.Zr/c2*1-10-7-8-12(9-10)11-5-3-2-4-6-11;;;/h2*2-7,9,12H,1H3;2*1H;/q2*-1;;;+4/p-2. The third-order valence-corrected chi connectivity index (χ3v) is 4.16. The molecule has 0 aliphatic heterocycles. The Morgan fingerprint density at radius 3 is 1.19 bits per heavy atom. The maximum Gasteiger partial charge on any atom is 4.00 e. The Kier molecular flexibility index (Phi) is 12.6. The first-order chi connectivity index (χ1) is 11.7. The van der Waals surface area contributed by atoms with Crippen molar-refractivity contribution >= 4 is 0 Å². The van der Waals surface area contributed by atoms with Crippen LogP contribution in [0.4, 0.5) is 0 Å². The first-order valence-corrected chi connectivity index (χ1v) is 8.37. The summed E-state index contributed by atoms with van der Waals surface area (Å²) < 4.78 is 0. The fourth-order valence-corrected chi connectivity index (χ4v) is 2.87. The number of halogens is 2. The largest absolute Gasteiger partial charge is 4.00 e. The van der Waals surface area contributed by atoms with E-state index >= 15 is 0 Å². The number of benzene rings is 2. The van der Waals surface area contributed by atoms with Gasteiger partial charge in [0.1, 0.15) is 0 Å². The van der Waals surface area contributed by atoms with Crippen LogP contribution in [0.2, 0.25) is 0 Å². The summed E-state index contributed by atoms with van der Waals surface area (Å²) in [5.74, 6) is 0.761. The smallest absolute Gasteiger partial charge is 1.00 e. The van der Waals surface area contributed by atoms with Crippen LogP contribution in [0.5, 0.6) is 0 Å². The van der Waals surface area contributed by atoms with Gasteiger partial charge in [0.15, 0.2) is 0 Å². The third kappa shape index (κ3) is 7.78. The molecule has 0 saturated heterocycles. The predicted octanol–water partition coefficient (Wildman–Crippen LogP) is 0.184. The molecule has 3 heteroatoms. The van der Waals surface area contributed by atoms with Gasteiger partial charge in [-0.2, -0.15) is 12.2 Å². The van der Waals surface area contributed by atoms with Gasteiger partial charge in [-0.05, 0) is 0 Å². The third-order valence-electron chi connectivity index (χ3n) is 4.16. The van der Waals surface area contributed by atoms with E-state index in [-0.39, 0.29) is 51.0 Å². The van der Waals surface area contributed by atoms with E-state index in [1.807, 2.05) is 12.1 Å². The number of hydrogen-bond donors (Lipinski definition) is 0. The molecule has 4 rings (SSSR count). The number of allylic oxidation sites excluding steroid dienone is 8. The van der Waals surface area contributed by atoms with E-state index in [1.54, 1.807) is 0 Å². The van der Waals surface area contributed by atoms with Crippen molar-refractivity contribution in [3.05, 3.63) is 119 Å². The van der Waals surface area contributed by atoms with Crippen LogP contribution in [0.15, 0.2) is 96.1 Å². The van der Waals surface area contributed by atoms with E-state index in [4.69, 9.17) is 0 Å². The molecular weight excluding hydrogens is 450 g/mol. The van der Waals surface area contributed by atoms with E-state index in [9.17, 15) is 0 Å². The summed E-state index contributed by atoms with van der Waals surface area (Å²) in [6.07, 6.45) is 15.2. The molecule has 0 N–H and O–H groups in total. The van der Waals surface area contributed by atoms with E-state index in [2.05, 4.69) is 98.8 Å². The van der Waals surface area contributed by atoms with Crippen LogP contribution < -0.4 is 24.8 Å². The van der Waals surface area contributed by atoms with Gasteiger partial charge in [0, 0.05) is 0 Å². The summed E-state index contributed by atoms with van der Waals surface area (Å²) in [6.45, 7) is 4.21. The number of rotatable bonds is 2. The quantitative estimate of drug-likeness (QED) is 0.548. The first-order valence-electron chi connectivity index (χ1n) is 8.37. The van der Waals surface area contributed by atoms with E-state index < -0.39 is 0 Å². The van der Waals surface area contributed by atoms with Gasteiger partial charge in [-0.3, -0.25) is 12.2 Å². The zero-order valence-corrected chi connectivity index (χ0v) is 19.5. The van der Waals surface area contributed by atoms with Gasteiger partial charge in [-0.25, -0.2) is 23.3 Å². The van der Waals surface area contributed by atoms with Gasteiger partial charge in [-0.15, -0.1) is 13.8 Å². The Hall–Kier alpha value is -1.14. The maximum atomic E-state index is 3.31. The Morgan fingerprint density at radius 1 is 0.593 bits per heavy atom. The molecule has 0 spiro atoms. The normalized spacial score (nSPS) is 18.7. The molecule has 2 aromatic rings. The van der Waals surface area contributed by atoms with Gasteiger partial charge >= 0.3 is 26.2 Å². The van der Waals surface area contributed by atoms with Crippen LogP contribution in [0.25, 0.3) is 0 Å². The van der Waals surface area contributed by atoms with Crippen molar-refractivity contribution in [3.8, 4) is 0 Å². The van der Waals surface area contributed by atoms with Crippen molar-refractivity contribution in [1.29, 1.82) is 0 Å². The molecule has 0 radical (unpaired) electrons. The second-order valence-electron chi connectivity index (χ2n) is 6.22. The molecule has 0 fully saturated rings. The first kappa shape index (κ1) is 25.9. The van der Waals surface area contributed by atoms with E-state index in [0.29, 0.717) is 11.8 Å². The summed E-state index contributed by atoms with van der Waals surface area (Å²) in [5.41, 5.74) is 5.27. The SMILES string of the molecule is CC1=CC(c2ccccc2)[C-]=C1.CC1=CC(c2ccccc2)[C-]=C1.[Cl-].[Cl-].[Zr+4]. The van der Waals surface area contributed by atoms with Crippen LogP contribution in [-0.2, 0) is 26.2 Å². The zero-order chi connectivity index (χ0) is 16.8. The molecule has 0 heterocycles. The maximum absolute atomic E-state index is 3.31. The second kappa shape index (κ2) is 13.1. The zero-order valence-electron chi connectivity index (χ0n) is 15.5. The minimum absolute atomic E-state index is 0. The molecule has 0 amide bonds.